The van der Waals surface area contributed by atoms with Crippen molar-refractivity contribution in [3.05, 3.63) is 0 Å². The van der Waals surface area contributed by atoms with E-state index >= 15 is 0 Å². The summed E-state index contributed by atoms with van der Waals surface area (Å²) in [6, 6.07) is 0. The number of esters is 1. The minimum absolute atomic E-state index is 0.0186. The molecule has 1 saturated carbocycles. The van der Waals surface area contributed by atoms with Gasteiger partial charge >= 0.3 is 5.97 Å². The number of amides is 1. The highest BCUT2D eigenvalue weighted by atomic mass is 16.5. The van der Waals surface area contributed by atoms with Gasteiger partial charge in [0.05, 0.1) is 13.0 Å². The largest absolute Gasteiger partial charge is 0.469 e. The van der Waals surface area contributed by atoms with Crippen molar-refractivity contribution in [1.29, 1.82) is 0 Å². The Morgan fingerprint density at radius 2 is 1.87 bits per heavy atom. The van der Waals surface area contributed by atoms with E-state index in [-0.39, 0.29) is 17.8 Å². The molecule has 0 atom stereocenters. The molecule has 1 aliphatic carbocycles. The molecule has 0 spiro atoms. The van der Waals surface area contributed by atoms with Crippen molar-refractivity contribution in [2.45, 2.75) is 32.6 Å². The van der Waals surface area contributed by atoms with Gasteiger partial charge in [-0.05, 0) is 31.6 Å². The minimum atomic E-state index is -0.0898. The fourth-order valence-corrected chi connectivity index (χ4v) is 2.06. The van der Waals surface area contributed by atoms with E-state index in [4.69, 9.17) is 4.74 Å². The van der Waals surface area contributed by atoms with Gasteiger partial charge in [-0.1, -0.05) is 0 Å². The average molecular weight is 213 g/mol. The van der Waals surface area contributed by atoms with Crippen LogP contribution in [0.4, 0.5) is 0 Å². The van der Waals surface area contributed by atoms with E-state index in [9.17, 15) is 9.59 Å². The third-order valence-electron chi connectivity index (χ3n) is 3.02. The van der Waals surface area contributed by atoms with Crippen molar-refractivity contribution in [3.8, 4) is 0 Å². The van der Waals surface area contributed by atoms with Crippen molar-refractivity contribution in [2.75, 3.05) is 13.7 Å². The van der Waals surface area contributed by atoms with Crippen LogP contribution >= 0.6 is 0 Å². The van der Waals surface area contributed by atoms with E-state index < -0.39 is 0 Å². The van der Waals surface area contributed by atoms with Crippen molar-refractivity contribution in [1.82, 2.24) is 5.32 Å². The molecule has 1 aliphatic rings. The fourth-order valence-electron chi connectivity index (χ4n) is 2.06. The number of carbonyl (C=O) groups is 2. The third-order valence-corrected chi connectivity index (χ3v) is 3.02. The molecule has 15 heavy (non-hydrogen) atoms. The Morgan fingerprint density at radius 1 is 1.27 bits per heavy atom. The number of carbonyl (C=O) groups excluding carboxylic acids is 2. The van der Waals surface area contributed by atoms with E-state index in [0.29, 0.717) is 5.92 Å². The van der Waals surface area contributed by atoms with Gasteiger partial charge in [0, 0.05) is 13.5 Å². The summed E-state index contributed by atoms with van der Waals surface area (Å²) in [5.74, 6) is 0.524. The minimum Gasteiger partial charge on any atom is -0.469 e. The van der Waals surface area contributed by atoms with Crippen LogP contribution in [0, 0.1) is 11.8 Å². The monoisotopic (exact) mass is 213 g/mol. The number of hydrogen-bond acceptors (Lipinski definition) is 3. The van der Waals surface area contributed by atoms with E-state index in [1.54, 1.807) is 0 Å². The zero-order valence-corrected chi connectivity index (χ0v) is 9.41. The number of nitrogens with one attached hydrogen (secondary N) is 1. The molecule has 1 N–H and O–H groups in total. The van der Waals surface area contributed by atoms with Gasteiger partial charge in [-0.2, -0.15) is 0 Å². The lowest BCUT2D eigenvalue weighted by Crippen LogP contribution is -2.31. The first-order valence-corrected chi connectivity index (χ1v) is 5.45. The van der Waals surface area contributed by atoms with Crippen LogP contribution in [0.3, 0.4) is 0 Å². The molecule has 0 radical (unpaired) electrons. The first kappa shape index (κ1) is 12.0. The second kappa shape index (κ2) is 5.73. The van der Waals surface area contributed by atoms with Gasteiger partial charge in [-0.15, -0.1) is 0 Å². The summed E-state index contributed by atoms with van der Waals surface area (Å²) in [5, 5.41) is 2.82. The van der Waals surface area contributed by atoms with Crippen LogP contribution < -0.4 is 5.32 Å². The molecule has 4 nitrogen and oxygen atoms in total. The van der Waals surface area contributed by atoms with E-state index in [1.165, 1.54) is 14.0 Å². The lowest BCUT2D eigenvalue weighted by atomic mass is 9.82. The first-order chi connectivity index (χ1) is 7.13. The standard InChI is InChI=1S/C11H19NO3/c1-8(13)12-7-9-3-5-10(6-4-9)11(14)15-2/h9-10H,3-7H2,1-2H3,(H,12,13)/t9-,10-. The quantitative estimate of drug-likeness (QED) is 0.714. The Morgan fingerprint density at radius 3 is 2.33 bits per heavy atom. The molecule has 0 aromatic rings. The van der Waals surface area contributed by atoms with Crippen molar-refractivity contribution >= 4 is 11.9 Å². The van der Waals surface area contributed by atoms with Gasteiger partial charge in [-0.3, -0.25) is 9.59 Å². The van der Waals surface area contributed by atoms with Crippen LogP contribution in [0.15, 0.2) is 0 Å². The van der Waals surface area contributed by atoms with Gasteiger partial charge < -0.3 is 10.1 Å². The lowest BCUT2D eigenvalue weighted by Gasteiger charge is -2.26. The van der Waals surface area contributed by atoms with Gasteiger partial charge in [-0.25, -0.2) is 0 Å². The maximum Gasteiger partial charge on any atom is 0.308 e. The van der Waals surface area contributed by atoms with Crippen molar-refractivity contribution in [2.24, 2.45) is 11.8 Å². The highest BCUT2D eigenvalue weighted by molar-refractivity contribution is 5.73. The molecule has 0 aromatic heterocycles. The molecule has 86 valence electrons. The summed E-state index contributed by atoms with van der Waals surface area (Å²) in [7, 11) is 1.44. The SMILES string of the molecule is COC(=O)[C@H]1CC[C@H](CNC(C)=O)CC1. The van der Waals surface area contributed by atoms with Crippen LogP contribution in [-0.2, 0) is 14.3 Å². The lowest BCUT2D eigenvalue weighted by molar-refractivity contribution is -0.146. The molecule has 1 rings (SSSR count). The Kier molecular flexibility index (Phi) is 4.59. The molecule has 0 saturated heterocycles. The number of hydrogen-bond donors (Lipinski definition) is 1. The summed E-state index contributed by atoms with van der Waals surface area (Å²) in [6.45, 7) is 2.27. The number of methoxy groups -OCH3 is 1. The third kappa shape index (κ3) is 3.90. The zero-order valence-electron chi connectivity index (χ0n) is 9.41. The summed E-state index contributed by atoms with van der Waals surface area (Å²) in [5.41, 5.74) is 0. The molecule has 0 aliphatic heterocycles. The summed E-state index contributed by atoms with van der Waals surface area (Å²) in [4.78, 5) is 22.0. The predicted octanol–water partition coefficient (Wildman–Crippen LogP) is 1.10. The van der Waals surface area contributed by atoms with Crippen molar-refractivity contribution in [3.63, 3.8) is 0 Å². The van der Waals surface area contributed by atoms with Crippen molar-refractivity contribution < 1.29 is 14.3 Å². The van der Waals surface area contributed by atoms with Crippen LogP contribution in [0.2, 0.25) is 0 Å². The maximum absolute atomic E-state index is 11.2. The maximum atomic E-state index is 11.2. The number of rotatable bonds is 3. The molecule has 0 aromatic carbocycles. The first-order valence-electron chi connectivity index (χ1n) is 5.45. The van der Waals surface area contributed by atoms with E-state index in [2.05, 4.69) is 5.32 Å². The van der Waals surface area contributed by atoms with Crippen LogP contribution in [0.1, 0.15) is 32.6 Å². The highest BCUT2D eigenvalue weighted by Crippen LogP contribution is 2.28. The Balaban J connectivity index is 2.23. The van der Waals surface area contributed by atoms with Gasteiger partial charge in [0.25, 0.3) is 0 Å². The summed E-state index contributed by atoms with van der Waals surface area (Å²) >= 11 is 0. The Labute approximate surface area is 90.4 Å². The molecule has 0 heterocycles. The fraction of sp³-hybridized carbons (Fsp3) is 0.818. The zero-order chi connectivity index (χ0) is 11.3. The van der Waals surface area contributed by atoms with E-state index in [0.717, 1.165) is 32.2 Å². The Hall–Kier alpha value is -1.06. The van der Waals surface area contributed by atoms with Gasteiger partial charge in [0.1, 0.15) is 0 Å². The second-order valence-electron chi connectivity index (χ2n) is 4.18. The smallest absolute Gasteiger partial charge is 0.308 e. The molecular formula is C11H19NO3. The van der Waals surface area contributed by atoms with Gasteiger partial charge in [0.15, 0.2) is 0 Å². The molecule has 0 bridgehead atoms. The number of ether oxygens (including phenoxy) is 1. The normalized spacial score (nSPS) is 25.7. The van der Waals surface area contributed by atoms with E-state index in [1.807, 2.05) is 0 Å². The summed E-state index contributed by atoms with van der Waals surface area (Å²) in [6.07, 6.45) is 3.77. The van der Waals surface area contributed by atoms with Gasteiger partial charge in [0.2, 0.25) is 5.91 Å². The topological polar surface area (TPSA) is 55.4 Å². The second-order valence-corrected chi connectivity index (χ2v) is 4.18. The average Bonchev–Trinajstić information content (AvgIpc) is 2.26. The molecule has 1 amide bonds. The Bertz CT molecular complexity index is 232. The van der Waals surface area contributed by atoms with Crippen LogP contribution in [-0.4, -0.2) is 25.5 Å². The molecule has 4 heteroatoms. The van der Waals surface area contributed by atoms with Crippen LogP contribution in [0.25, 0.3) is 0 Å². The predicted molar refractivity (Wildman–Crippen MR) is 56.1 cm³/mol. The summed E-state index contributed by atoms with van der Waals surface area (Å²) < 4.78 is 4.71. The molecule has 1 fully saturated rings. The highest BCUT2D eigenvalue weighted by Gasteiger charge is 2.26. The van der Waals surface area contributed by atoms with Crippen LogP contribution in [0.5, 0.6) is 0 Å². The molecular weight excluding hydrogens is 194 g/mol. The molecule has 0 unspecified atom stereocenters.